The lowest BCUT2D eigenvalue weighted by atomic mass is 10.0. The lowest BCUT2D eigenvalue weighted by molar-refractivity contribution is 0.406. The summed E-state index contributed by atoms with van der Waals surface area (Å²) in [5.41, 5.74) is 7.29. The molecule has 2 N–H and O–H groups in total. The van der Waals surface area contributed by atoms with Crippen LogP contribution in [0.15, 0.2) is 24.3 Å². The van der Waals surface area contributed by atoms with Gasteiger partial charge in [0.05, 0.1) is 21.8 Å². The van der Waals surface area contributed by atoms with E-state index < -0.39 is 6.04 Å². The molecule has 1 heterocycles. The Kier molecular flexibility index (Phi) is 4.12. The second kappa shape index (κ2) is 5.45. The van der Waals surface area contributed by atoms with Gasteiger partial charge in [0.25, 0.3) is 0 Å². The third kappa shape index (κ3) is 2.62. The van der Waals surface area contributed by atoms with Gasteiger partial charge < -0.3 is 10.5 Å². The summed E-state index contributed by atoms with van der Waals surface area (Å²) in [6.45, 7) is 0. The van der Waals surface area contributed by atoms with Crippen molar-refractivity contribution >= 4 is 34.5 Å². The minimum atomic E-state index is -0.577. The molecule has 0 spiro atoms. The van der Waals surface area contributed by atoms with Gasteiger partial charge in [-0.3, -0.25) is 0 Å². The van der Waals surface area contributed by atoms with Crippen molar-refractivity contribution < 1.29 is 9.13 Å². The van der Waals surface area contributed by atoms with Crippen LogP contribution in [0, 0.1) is 5.82 Å². The van der Waals surface area contributed by atoms with E-state index in [9.17, 15) is 4.39 Å². The quantitative estimate of drug-likeness (QED) is 0.920. The van der Waals surface area contributed by atoms with Crippen molar-refractivity contribution in [2.75, 3.05) is 7.11 Å². The fourth-order valence-electron chi connectivity index (χ4n) is 1.68. The summed E-state index contributed by atoms with van der Waals surface area (Å²) in [6, 6.07) is 5.30. The maximum atomic E-state index is 13.3. The van der Waals surface area contributed by atoms with Gasteiger partial charge in [0.15, 0.2) is 0 Å². The predicted octanol–water partition coefficient (Wildman–Crippen LogP) is 4.25. The van der Waals surface area contributed by atoms with Crippen molar-refractivity contribution in [3.05, 3.63) is 49.9 Å². The highest BCUT2D eigenvalue weighted by atomic mass is 35.5. The molecule has 2 rings (SSSR count). The molecule has 0 amide bonds. The van der Waals surface area contributed by atoms with Gasteiger partial charge in [0, 0.05) is 11.1 Å². The lowest BCUT2D eigenvalue weighted by Crippen LogP contribution is -2.13. The van der Waals surface area contributed by atoms with Crippen LogP contribution in [0.4, 0.5) is 4.39 Å². The van der Waals surface area contributed by atoms with Crippen LogP contribution < -0.4 is 10.5 Å². The zero-order valence-corrected chi connectivity index (χ0v) is 11.7. The lowest BCUT2D eigenvalue weighted by Gasteiger charge is -2.15. The molecule has 0 fully saturated rings. The Labute approximate surface area is 118 Å². The van der Waals surface area contributed by atoms with Gasteiger partial charge in [-0.25, -0.2) is 4.39 Å². The summed E-state index contributed by atoms with van der Waals surface area (Å²) in [5.74, 6) is 0.140. The molecule has 0 radical (unpaired) electrons. The molecule has 2 nitrogen and oxygen atoms in total. The molecule has 0 saturated heterocycles. The van der Waals surface area contributed by atoms with E-state index in [1.807, 2.05) is 0 Å². The Bertz CT molecular complexity index is 573. The number of nitrogens with two attached hydrogens (primary N) is 1. The molecule has 1 aromatic heterocycles. The van der Waals surface area contributed by atoms with Gasteiger partial charge in [0.1, 0.15) is 11.6 Å². The Hall–Kier alpha value is -0.810. The van der Waals surface area contributed by atoms with Crippen LogP contribution in [0.2, 0.25) is 8.67 Å². The van der Waals surface area contributed by atoms with Crippen molar-refractivity contribution in [1.29, 1.82) is 0 Å². The second-order valence-corrected chi connectivity index (χ2v) is 5.93. The van der Waals surface area contributed by atoms with Crippen LogP contribution in [-0.2, 0) is 0 Å². The van der Waals surface area contributed by atoms with E-state index in [0.29, 0.717) is 25.5 Å². The fraction of sp³-hybridized carbons (Fsp3) is 0.167. The molecular weight excluding hydrogens is 296 g/mol. The third-order valence-corrected chi connectivity index (χ3v) is 4.06. The smallest absolute Gasteiger partial charge is 0.124 e. The first-order chi connectivity index (χ1) is 8.52. The van der Waals surface area contributed by atoms with E-state index in [2.05, 4.69) is 0 Å². The number of methoxy groups -OCH3 is 1. The Balaban J connectivity index is 2.48. The summed E-state index contributed by atoms with van der Waals surface area (Å²) < 4.78 is 19.5. The SMILES string of the molecule is COc1ccc(F)cc1C(N)c1cc(Cl)sc1Cl. The largest absolute Gasteiger partial charge is 0.496 e. The zero-order valence-electron chi connectivity index (χ0n) is 9.41. The van der Waals surface area contributed by atoms with Gasteiger partial charge in [-0.15, -0.1) is 11.3 Å². The van der Waals surface area contributed by atoms with E-state index >= 15 is 0 Å². The molecule has 6 heteroatoms. The highest BCUT2D eigenvalue weighted by Crippen LogP contribution is 2.38. The Morgan fingerprint density at radius 3 is 2.56 bits per heavy atom. The van der Waals surface area contributed by atoms with E-state index in [0.717, 1.165) is 0 Å². The van der Waals surface area contributed by atoms with E-state index in [-0.39, 0.29) is 5.82 Å². The van der Waals surface area contributed by atoms with Gasteiger partial charge in [0.2, 0.25) is 0 Å². The molecule has 18 heavy (non-hydrogen) atoms. The van der Waals surface area contributed by atoms with Crippen LogP contribution in [0.3, 0.4) is 0 Å². The van der Waals surface area contributed by atoms with Crippen LogP contribution >= 0.6 is 34.5 Å². The number of thiophene rings is 1. The molecule has 1 aromatic carbocycles. The summed E-state index contributed by atoms with van der Waals surface area (Å²) in [6.07, 6.45) is 0. The molecule has 96 valence electrons. The number of hydrogen-bond donors (Lipinski definition) is 1. The number of benzene rings is 1. The van der Waals surface area contributed by atoms with E-state index in [1.54, 1.807) is 6.07 Å². The highest BCUT2D eigenvalue weighted by Gasteiger charge is 2.19. The van der Waals surface area contributed by atoms with Crippen LogP contribution in [-0.4, -0.2) is 7.11 Å². The Morgan fingerprint density at radius 1 is 1.28 bits per heavy atom. The molecule has 0 bridgehead atoms. The monoisotopic (exact) mass is 305 g/mol. The van der Waals surface area contributed by atoms with Crippen molar-refractivity contribution in [2.45, 2.75) is 6.04 Å². The van der Waals surface area contributed by atoms with E-state index in [1.165, 1.54) is 36.6 Å². The van der Waals surface area contributed by atoms with Crippen molar-refractivity contribution in [1.82, 2.24) is 0 Å². The van der Waals surface area contributed by atoms with Crippen LogP contribution in [0.1, 0.15) is 17.2 Å². The van der Waals surface area contributed by atoms with Crippen LogP contribution in [0.25, 0.3) is 0 Å². The Morgan fingerprint density at radius 2 is 2.00 bits per heavy atom. The van der Waals surface area contributed by atoms with Gasteiger partial charge in [-0.1, -0.05) is 23.2 Å². The first-order valence-corrected chi connectivity index (χ1v) is 6.64. The van der Waals surface area contributed by atoms with Gasteiger partial charge >= 0.3 is 0 Å². The first-order valence-electron chi connectivity index (χ1n) is 5.06. The molecule has 1 unspecified atom stereocenters. The molecular formula is C12H10Cl2FNOS. The number of hydrogen-bond acceptors (Lipinski definition) is 3. The topological polar surface area (TPSA) is 35.2 Å². The summed E-state index contributed by atoms with van der Waals surface area (Å²) in [7, 11) is 1.51. The maximum Gasteiger partial charge on any atom is 0.124 e. The van der Waals surface area contributed by atoms with Crippen molar-refractivity contribution in [3.8, 4) is 5.75 Å². The zero-order chi connectivity index (χ0) is 13.3. The molecule has 0 aliphatic heterocycles. The maximum absolute atomic E-state index is 13.3. The van der Waals surface area contributed by atoms with Crippen molar-refractivity contribution in [2.24, 2.45) is 5.73 Å². The normalized spacial score (nSPS) is 12.5. The average Bonchev–Trinajstić information content (AvgIpc) is 2.67. The van der Waals surface area contributed by atoms with Crippen LogP contribution in [0.5, 0.6) is 5.75 Å². The minimum absolute atomic E-state index is 0.376. The average molecular weight is 306 g/mol. The standard InChI is InChI=1S/C12H10Cl2FNOS/c1-17-9-3-2-6(15)4-7(9)11(16)8-5-10(13)18-12(8)14/h2-5,11H,16H2,1H3. The highest BCUT2D eigenvalue weighted by molar-refractivity contribution is 7.20. The molecule has 0 aliphatic carbocycles. The first kappa shape index (κ1) is 13.6. The van der Waals surface area contributed by atoms with E-state index in [4.69, 9.17) is 33.7 Å². The number of rotatable bonds is 3. The fourth-order valence-corrected chi connectivity index (χ4v) is 3.23. The summed E-state index contributed by atoms with van der Waals surface area (Å²) >= 11 is 13.1. The van der Waals surface area contributed by atoms with Gasteiger partial charge in [-0.2, -0.15) is 0 Å². The minimum Gasteiger partial charge on any atom is -0.496 e. The number of halogens is 3. The number of ether oxygens (including phenoxy) is 1. The molecule has 1 atom stereocenters. The second-order valence-electron chi connectivity index (χ2n) is 3.64. The molecule has 0 saturated carbocycles. The van der Waals surface area contributed by atoms with Crippen molar-refractivity contribution in [3.63, 3.8) is 0 Å². The summed E-state index contributed by atoms with van der Waals surface area (Å²) in [4.78, 5) is 0. The molecule has 0 aliphatic rings. The summed E-state index contributed by atoms with van der Waals surface area (Å²) in [5, 5.41) is 0. The van der Waals surface area contributed by atoms with Gasteiger partial charge in [-0.05, 0) is 24.3 Å². The predicted molar refractivity (Wildman–Crippen MR) is 73.3 cm³/mol. The third-order valence-electron chi connectivity index (χ3n) is 2.54. The molecule has 2 aromatic rings.